The topological polar surface area (TPSA) is 94.0 Å². The Bertz CT molecular complexity index is 567. The van der Waals surface area contributed by atoms with E-state index in [2.05, 4.69) is 4.98 Å². The van der Waals surface area contributed by atoms with Crippen LogP contribution in [0.15, 0.2) is 18.3 Å². The molecule has 0 aliphatic rings. The predicted molar refractivity (Wildman–Crippen MR) is 85.7 cm³/mol. The summed E-state index contributed by atoms with van der Waals surface area (Å²) in [5.41, 5.74) is 0.556. The van der Waals surface area contributed by atoms with Gasteiger partial charge in [-0.25, -0.2) is 4.79 Å². The number of nitrogens with zero attached hydrogens (tertiary/aromatic N) is 3. The summed E-state index contributed by atoms with van der Waals surface area (Å²) in [4.78, 5) is 30.9. The van der Waals surface area contributed by atoms with Gasteiger partial charge in [0.2, 0.25) is 5.91 Å². The SMILES string of the molecule is CN(C)C(=O)C(N(Cc1cc(CO)ccn1)C(=O)O)C(C)(C)C. The van der Waals surface area contributed by atoms with Crippen LogP contribution < -0.4 is 0 Å². The third kappa shape index (κ3) is 4.92. The molecule has 1 rings (SSSR count). The van der Waals surface area contributed by atoms with Crippen LogP contribution in [0.3, 0.4) is 0 Å². The van der Waals surface area contributed by atoms with Crippen molar-refractivity contribution in [1.29, 1.82) is 0 Å². The molecule has 1 atom stereocenters. The highest BCUT2D eigenvalue weighted by atomic mass is 16.4. The van der Waals surface area contributed by atoms with Crippen molar-refractivity contribution >= 4 is 12.0 Å². The van der Waals surface area contributed by atoms with Crippen LogP contribution in [0.5, 0.6) is 0 Å². The number of hydrogen-bond acceptors (Lipinski definition) is 4. The number of likely N-dealkylation sites (N-methyl/N-ethyl adjacent to an activating group) is 1. The smallest absolute Gasteiger partial charge is 0.408 e. The van der Waals surface area contributed by atoms with E-state index in [9.17, 15) is 19.8 Å². The average molecular weight is 323 g/mol. The van der Waals surface area contributed by atoms with Crippen molar-refractivity contribution in [3.05, 3.63) is 29.6 Å². The van der Waals surface area contributed by atoms with Gasteiger partial charge in [-0.15, -0.1) is 0 Å². The van der Waals surface area contributed by atoms with E-state index in [-0.39, 0.29) is 19.1 Å². The van der Waals surface area contributed by atoms with Gasteiger partial charge in [0.1, 0.15) is 6.04 Å². The second-order valence-corrected chi connectivity index (χ2v) is 6.73. The number of aromatic nitrogens is 1. The van der Waals surface area contributed by atoms with Crippen LogP contribution in [0, 0.1) is 5.41 Å². The molecule has 0 saturated carbocycles. The molecule has 0 aliphatic carbocycles. The molecule has 128 valence electrons. The number of aliphatic hydroxyl groups is 1. The molecule has 23 heavy (non-hydrogen) atoms. The Labute approximate surface area is 136 Å². The number of rotatable bonds is 5. The predicted octanol–water partition coefficient (Wildman–Crippen LogP) is 1.56. The van der Waals surface area contributed by atoms with E-state index in [1.807, 2.05) is 20.8 Å². The highest BCUT2D eigenvalue weighted by molar-refractivity contribution is 5.85. The molecule has 7 nitrogen and oxygen atoms in total. The van der Waals surface area contributed by atoms with Crippen molar-refractivity contribution in [3.63, 3.8) is 0 Å². The second kappa shape index (κ2) is 7.41. The Balaban J connectivity index is 3.20. The number of aliphatic hydroxyl groups excluding tert-OH is 1. The van der Waals surface area contributed by atoms with Gasteiger partial charge >= 0.3 is 6.09 Å². The van der Waals surface area contributed by atoms with Gasteiger partial charge < -0.3 is 15.1 Å². The molecule has 0 spiro atoms. The summed E-state index contributed by atoms with van der Waals surface area (Å²) in [5, 5.41) is 18.8. The van der Waals surface area contributed by atoms with Crippen LogP contribution >= 0.6 is 0 Å². The van der Waals surface area contributed by atoms with Crippen LogP contribution in [0.2, 0.25) is 0 Å². The van der Waals surface area contributed by atoms with Crippen LogP contribution in [0.4, 0.5) is 4.79 Å². The summed E-state index contributed by atoms with van der Waals surface area (Å²) in [7, 11) is 3.21. The molecule has 0 aromatic carbocycles. The van der Waals surface area contributed by atoms with E-state index >= 15 is 0 Å². The van der Waals surface area contributed by atoms with Gasteiger partial charge in [0.05, 0.1) is 18.8 Å². The molecule has 1 aromatic rings. The molecule has 0 aliphatic heterocycles. The van der Waals surface area contributed by atoms with Crippen LogP contribution in [-0.2, 0) is 17.9 Å². The Morgan fingerprint density at radius 1 is 1.30 bits per heavy atom. The first kappa shape index (κ1) is 18.9. The zero-order valence-corrected chi connectivity index (χ0v) is 14.3. The number of pyridine rings is 1. The molecule has 1 unspecified atom stereocenters. The Morgan fingerprint density at radius 3 is 2.35 bits per heavy atom. The molecule has 0 radical (unpaired) electrons. The summed E-state index contributed by atoms with van der Waals surface area (Å²) in [6.07, 6.45) is 0.331. The lowest BCUT2D eigenvalue weighted by Gasteiger charge is -2.38. The lowest BCUT2D eigenvalue weighted by atomic mass is 9.84. The Kier molecular flexibility index (Phi) is 6.09. The maximum absolute atomic E-state index is 12.5. The fraction of sp³-hybridized carbons (Fsp3) is 0.562. The minimum atomic E-state index is -1.18. The molecule has 0 saturated heterocycles. The molecule has 1 aromatic heterocycles. The van der Waals surface area contributed by atoms with Crippen molar-refractivity contribution in [2.75, 3.05) is 14.1 Å². The normalized spacial score (nSPS) is 12.6. The average Bonchev–Trinajstić information content (AvgIpc) is 2.44. The van der Waals surface area contributed by atoms with Crippen molar-refractivity contribution in [1.82, 2.24) is 14.8 Å². The first-order chi connectivity index (χ1) is 10.6. The number of amides is 2. The quantitative estimate of drug-likeness (QED) is 0.857. The van der Waals surface area contributed by atoms with E-state index in [4.69, 9.17) is 0 Å². The molecule has 2 N–H and O–H groups in total. The van der Waals surface area contributed by atoms with Gasteiger partial charge in [0, 0.05) is 20.3 Å². The highest BCUT2D eigenvalue weighted by Gasteiger charge is 2.40. The van der Waals surface area contributed by atoms with E-state index < -0.39 is 17.6 Å². The number of hydrogen-bond donors (Lipinski definition) is 2. The molecule has 2 amide bonds. The Hall–Kier alpha value is -2.15. The van der Waals surface area contributed by atoms with Gasteiger partial charge in [-0.1, -0.05) is 20.8 Å². The maximum Gasteiger partial charge on any atom is 0.408 e. The minimum absolute atomic E-state index is 0.0231. The summed E-state index contributed by atoms with van der Waals surface area (Å²) in [6, 6.07) is 2.45. The number of carbonyl (C=O) groups excluding carboxylic acids is 1. The number of carboxylic acid groups (broad SMARTS) is 1. The number of carbonyl (C=O) groups is 2. The first-order valence-electron chi connectivity index (χ1n) is 7.33. The van der Waals surface area contributed by atoms with Crippen molar-refractivity contribution < 1.29 is 19.8 Å². The zero-order valence-electron chi connectivity index (χ0n) is 14.3. The minimum Gasteiger partial charge on any atom is -0.465 e. The van der Waals surface area contributed by atoms with E-state index in [1.165, 1.54) is 11.1 Å². The van der Waals surface area contributed by atoms with Crippen LogP contribution in [-0.4, -0.2) is 57.1 Å². The highest BCUT2D eigenvalue weighted by Crippen LogP contribution is 2.27. The summed E-state index contributed by atoms with van der Waals surface area (Å²) >= 11 is 0. The fourth-order valence-corrected chi connectivity index (χ4v) is 2.37. The summed E-state index contributed by atoms with van der Waals surface area (Å²) in [5.74, 6) is -0.279. The molecule has 0 bridgehead atoms. The fourth-order valence-electron chi connectivity index (χ4n) is 2.37. The van der Waals surface area contributed by atoms with Gasteiger partial charge in [0.25, 0.3) is 0 Å². The van der Waals surface area contributed by atoms with Gasteiger partial charge in [0.15, 0.2) is 0 Å². The molecular formula is C16H25N3O4. The molecule has 0 fully saturated rings. The molecule has 7 heteroatoms. The Morgan fingerprint density at radius 2 is 1.91 bits per heavy atom. The van der Waals surface area contributed by atoms with Crippen molar-refractivity contribution in [3.8, 4) is 0 Å². The zero-order chi connectivity index (χ0) is 17.8. The third-order valence-corrected chi connectivity index (χ3v) is 3.45. The van der Waals surface area contributed by atoms with Crippen LogP contribution in [0.25, 0.3) is 0 Å². The maximum atomic E-state index is 12.5. The van der Waals surface area contributed by atoms with Gasteiger partial charge in [-0.05, 0) is 23.1 Å². The van der Waals surface area contributed by atoms with Crippen molar-refractivity contribution in [2.24, 2.45) is 5.41 Å². The van der Waals surface area contributed by atoms with Crippen molar-refractivity contribution in [2.45, 2.75) is 40.0 Å². The second-order valence-electron chi connectivity index (χ2n) is 6.73. The van der Waals surface area contributed by atoms with E-state index in [0.29, 0.717) is 11.3 Å². The summed E-state index contributed by atoms with van der Waals surface area (Å²) in [6.45, 7) is 5.30. The molecule has 1 heterocycles. The monoisotopic (exact) mass is 323 g/mol. The largest absolute Gasteiger partial charge is 0.465 e. The third-order valence-electron chi connectivity index (χ3n) is 3.45. The van der Waals surface area contributed by atoms with Gasteiger partial charge in [-0.2, -0.15) is 0 Å². The van der Waals surface area contributed by atoms with Gasteiger partial charge in [-0.3, -0.25) is 14.7 Å². The first-order valence-corrected chi connectivity index (χ1v) is 7.33. The standard InChI is InChI=1S/C16H25N3O4/c1-16(2,3)13(14(21)18(4)5)19(15(22)23)9-12-8-11(10-20)6-7-17-12/h6-8,13,20H,9-10H2,1-5H3,(H,22,23). The van der Waals surface area contributed by atoms with Crippen LogP contribution in [0.1, 0.15) is 32.0 Å². The lowest BCUT2D eigenvalue weighted by molar-refractivity contribution is -0.138. The van der Waals surface area contributed by atoms with E-state index in [1.54, 1.807) is 26.2 Å². The summed E-state index contributed by atoms with van der Waals surface area (Å²) < 4.78 is 0. The lowest BCUT2D eigenvalue weighted by Crippen LogP contribution is -2.54. The molecular weight excluding hydrogens is 298 g/mol. The van der Waals surface area contributed by atoms with E-state index in [0.717, 1.165) is 4.90 Å².